The average Bonchev–Trinajstić information content (AvgIpc) is 2.47. The molecule has 1 N–H and O–H groups in total. The maximum atomic E-state index is 12.3. The third-order valence-corrected chi connectivity index (χ3v) is 4.37. The Bertz CT molecular complexity index is 583. The summed E-state index contributed by atoms with van der Waals surface area (Å²) in [7, 11) is 0. The molecule has 1 fully saturated rings. The fourth-order valence-electron chi connectivity index (χ4n) is 2.68. The lowest BCUT2D eigenvalue weighted by molar-refractivity contribution is -0.384. The van der Waals surface area contributed by atoms with Crippen molar-refractivity contribution in [3.63, 3.8) is 0 Å². The number of benzene rings is 1. The molecule has 1 aromatic carbocycles. The van der Waals surface area contributed by atoms with Crippen LogP contribution in [0.15, 0.2) is 18.2 Å². The third kappa shape index (κ3) is 3.75. The van der Waals surface area contributed by atoms with E-state index in [1.165, 1.54) is 12.1 Å². The Kier molecular flexibility index (Phi) is 5.03. The number of esters is 1. The van der Waals surface area contributed by atoms with E-state index in [1.807, 2.05) is 13.8 Å². The number of halogens is 1. The number of hydrogen-bond donors (Lipinski definition) is 1. The predicted octanol–water partition coefficient (Wildman–Crippen LogP) is 3.18. The SMILES string of the molecule is CC(C)(OC(=O)c1ccc([N+](=O)[O-])cc1Cl)C1CCNCC1. The monoisotopic (exact) mass is 326 g/mol. The van der Waals surface area contributed by atoms with Gasteiger partial charge < -0.3 is 10.1 Å². The molecule has 0 aromatic heterocycles. The molecule has 0 radical (unpaired) electrons. The van der Waals surface area contributed by atoms with Crippen molar-refractivity contribution in [2.24, 2.45) is 5.92 Å². The van der Waals surface area contributed by atoms with Gasteiger partial charge in [-0.1, -0.05) is 11.6 Å². The van der Waals surface area contributed by atoms with Crippen LogP contribution in [0.5, 0.6) is 0 Å². The summed E-state index contributed by atoms with van der Waals surface area (Å²) in [5, 5.41) is 14.0. The second-order valence-corrected chi connectivity index (χ2v) is 6.35. The average molecular weight is 327 g/mol. The molecule has 0 unspecified atom stereocenters. The molecule has 0 bridgehead atoms. The number of nitro groups is 1. The van der Waals surface area contributed by atoms with Gasteiger partial charge in [0.25, 0.3) is 5.69 Å². The molecule has 0 atom stereocenters. The highest BCUT2D eigenvalue weighted by atomic mass is 35.5. The Morgan fingerprint density at radius 1 is 1.41 bits per heavy atom. The standard InChI is InChI=1S/C15H19ClN2O4/c1-15(2,10-5-7-17-8-6-10)22-14(19)12-4-3-11(18(20)21)9-13(12)16/h3-4,9-10,17H,5-8H2,1-2H3. The quantitative estimate of drug-likeness (QED) is 0.522. The molecule has 22 heavy (non-hydrogen) atoms. The molecule has 1 aliphatic heterocycles. The lowest BCUT2D eigenvalue weighted by Crippen LogP contribution is -2.42. The molecule has 6 nitrogen and oxygen atoms in total. The van der Waals surface area contributed by atoms with E-state index in [-0.39, 0.29) is 22.2 Å². The van der Waals surface area contributed by atoms with Gasteiger partial charge in [-0.15, -0.1) is 0 Å². The van der Waals surface area contributed by atoms with Crippen LogP contribution in [0, 0.1) is 16.0 Å². The highest BCUT2D eigenvalue weighted by molar-refractivity contribution is 6.33. The second kappa shape index (κ2) is 6.62. The minimum atomic E-state index is -0.607. The Morgan fingerprint density at radius 3 is 2.59 bits per heavy atom. The van der Waals surface area contributed by atoms with Gasteiger partial charge in [-0.05, 0) is 45.8 Å². The Balaban J connectivity index is 2.12. The Labute approximate surface area is 133 Å². The fraction of sp³-hybridized carbons (Fsp3) is 0.533. The molecule has 7 heteroatoms. The number of nitro benzene ring substituents is 1. The topological polar surface area (TPSA) is 81.5 Å². The molecule has 2 rings (SSSR count). The largest absolute Gasteiger partial charge is 0.456 e. The third-order valence-electron chi connectivity index (χ3n) is 4.06. The zero-order chi connectivity index (χ0) is 16.3. The first-order chi connectivity index (χ1) is 10.3. The number of piperidine rings is 1. The van der Waals surface area contributed by atoms with Crippen LogP contribution in [-0.4, -0.2) is 29.6 Å². The van der Waals surface area contributed by atoms with E-state index in [9.17, 15) is 14.9 Å². The summed E-state index contributed by atoms with van der Waals surface area (Å²) in [5.74, 6) is -0.280. The fourth-order valence-corrected chi connectivity index (χ4v) is 2.93. The van der Waals surface area contributed by atoms with Crippen LogP contribution < -0.4 is 5.32 Å². The molecule has 1 aromatic rings. The van der Waals surface area contributed by atoms with Crippen LogP contribution in [0.1, 0.15) is 37.0 Å². The molecule has 1 saturated heterocycles. The number of nitrogens with one attached hydrogen (secondary N) is 1. The van der Waals surface area contributed by atoms with E-state index in [4.69, 9.17) is 16.3 Å². The molecule has 0 saturated carbocycles. The molecule has 0 aliphatic carbocycles. The molecule has 0 spiro atoms. The number of ether oxygens (including phenoxy) is 1. The summed E-state index contributed by atoms with van der Waals surface area (Å²) in [6, 6.07) is 3.75. The molecule has 0 amide bonds. The summed E-state index contributed by atoms with van der Waals surface area (Å²) < 4.78 is 5.62. The normalized spacial score (nSPS) is 16.3. The Hall–Kier alpha value is -1.66. The van der Waals surface area contributed by atoms with E-state index in [0.717, 1.165) is 32.0 Å². The van der Waals surface area contributed by atoms with Gasteiger partial charge in [-0.25, -0.2) is 4.79 Å². The van der Waals surface area contributed by atoms with Crippen LogP contribution in [0.25, 0.3) is 0 Å². The van der Waals surface area contributed by atoms with Crippen molar-refractivity contribution in [1.82, 2.24) is 5.32 Å². The molecule has 1 aliphatic rings. The van der Waals surface area contributed by atoms with Crippen molar-refractivity contribution >= 4 is 23.3 Å². The summed E-state index contributed by atoms with van der Waals surface area (Å²) in [6.45, 7) is 5.59. The molecular weight excluding hydrogens is 308 g/mol. The van der Waals surface area contributed by atoms with E-state index in [0.29, 0.717) is 0 Å². The number of rotatable bonds is 4. The van der Waals surface area contributed by atoms with Crippen LogP contribution in [0.2, 0.25) is 5.02 Å². The number of carbonyl (C=O) groups excluding carboxylic acids is 1. The second-order valence-electron chi connectivity index (χ2n) is 5.94. The van der Waals surface area contributed by atoms with Gasteiger partial charge in [-0.3, -0.25) is 10.1 Å². The first-order valence-electron chi connectivity index (χ1n) is 7.19. The lowest BCUT2D eigenvalue weighted by atomic mass is 9.83. The number of hydrogen-bond acceptors (Lipinski definition) is 5. The van der Waals surface area contributed by atoms with Crippen LogP contribution in [0.4, 0.5) is 5.69 Å². The number of nitrogens with zero attached hydrogens (tertiary/aromatic N) is 1. The maximum absolute atomic E-state index is 12.3. The highest BCUT2D eigenvalue weighted by Crippen LogP contribution is 2.31. The minimum Gasteiger partial charge on any atom is -0.456 e. The van der Waals surface area contributed by atoms with Crippen molar-refractivity contribution < 1.29 is 14.5 Å². The molecular formula is C15H19ClN2O4. The maximum Gasteiger partial charge on any atom is 0.340 e. The van der Waals surface area contributed by atoms with Crippen molar-refractivity contribution in [3.8, 4) is 0 Å². The van der Waals surface area contributed by atoms with E-state index >= 15 is 0 Å². The van der Waals surface area contributed by atoms with Crippen molar-refractivity contribution in [2.45, 2.75) is 32.3 Å². The first-order valence-corrected chi connectivity index (χ1v) is 7.57. The molecule has 1 heterocycles. The zero-order valence-corrected chi connectivity index (χ0v) is 13.4. The van der Waals surface area contributed by atoms with Crippen molar-refractivity contribution in [1.29, 1.82) is 0 Å². The van der Waals surface area contributed by atoms with Crippen LogP contribution in [0.3, 0.4) is 0 Å². The van der Waals surface area contributed by atoms with Gasteiger partial charge >= 0.3 is 5.97 Å². The van der Waals surface area contributed by atoms with Gasteiger partial charge in [0.1, 0.15) is 5.60 Å². The van der Waals surface area contributed by atoms with Gasteiger partial charge in [-0.2, -0.15) is 0 Å². The number of non-ortho nitro benzene ring substituents is 1. The highest BCUT2D eigenvalue weighted by Gasteiger charge is 2.34. The summed E-state index contributed by atoms with van der Waals surface area (Å²) in [6.07, 6.45) is 1.88. The van der Waals surface area contributed by atoms with E-state index in [2.05, 4.69) is 5.32 Å². The first kappa shape index (κ1) is 16.7. The van der Waals surface area contributed by atoms with E-state index < -0.39 is 16.5 Å². The summed E-state index contributed by atoms with van der Waals surface area (Å²) >= 11 is 5.97. The zero-order valence-electron chi connectivity index (χ0n) is 12.6. The van der Waals surface area contributed by atoms with Crippen molar-refractivity contribution in [2.75, 3.05) is 13.1 Å². The minimum absolute atomic E-state index is 0.0281. The van der Waals surface area contributed by atoms with Crippen LogP contribution in [-0.2, 0) is 4.74 Å². The Morgan fingerprint density at radius 2 is 2.05 bits per heavy atom. The summed E-state index contributed by atoms with van der Waals surface area (Å²) in [4.78, 5) is 22.5. The van der Waals surface area contributed by atoms with Crippen LogP contribution >= 0.6 is 11.6 Å². The van der Waals surface area contributed by atoms with Gasteiger partial charge in [0, 0.05) is 18.1 Å². The summed E-state index contributed by atoms with van der Waals surface area (Å²) in [5.41, 5.74) is -0.613. The van der Waals surface area contributed by atoms with E-state index in [1.54, 1.807) is 0 Å². The predicted molar refractivity (Wildman–Crippen MR) is 83.2 cm³/mol. The lowest BCUT2D eigenvalue weighted by Gasteiger charge is -2.36. The molecule has 120 valence electrons. The van der Waals surface area contributed by atoms with Gasteiger partial charge in [0.05, 0.1) is 15.5 Å². The number of carbonyl (C=O) groups is 1. The van der Waals surface area contributed by atoms with Gasteiger partial charge in [0.2, 0.25) is 0 Å². The van der Waals surface area contributed by atoms with Gasteiger partial charge in [0.15, 0.2) is 0 Å². The van der Waals surface area contributed by atoms with Crippen molar-refractivity contribution in [3.05, 3.63) is 38.9 Å². The smallest absolute Gasteiger partial charge is 0.340 e.